The van der Waals surface area contributed by atoms with Crippen molar-refractivity contribution < 1.29 is 28.8 Å². The zero-order valence-electron chi connectivity index (χ0n) is 26.9. The molecule has 6 rings (SSSR count). The zero-order chi connectivity index (χ0) is 32.4. The van der Waals surface area contributed by atoms with Gasteiger partial charge >= 0.3 is 0 Å². The number of benzene rings is 4. The Bertz CT molecular complexity index is 1590. The first kappa shape index (κ1) is 32.7. The van der Waals surface area contributed by atoms with E-state index in [1.807, 2.05) is 97.9 Å². The minimum Gasteiger partial charge on any atom is -0.494 e. The van der Waals surface area contributed by atoms with Gasteiger partial charge in [0.1, 0.15) is 17.5 Å². The van der Waals surface area contributed by atoms with Crippen molar-refractivity contribution in [1.29, 1.82) is 0 Å². The van der Waals surface area contributed by atoms with Crippen LogP contribution in [0.1, 0.15) is 55.5 Å². The minimum atomic E-state index is -1.36. The van der Waals surface area contributed by atoms with Crippen LogP contribution in [-0.2, 0) is 44.4 Å². The molecule has 2 aliphatic heterocycles. The van der Waals surface area contributed by atoms with Gasteiger partial charge < -0.3 is 28.8 Å². The monoisotopic (exact) mass is 642 g/mol. The smallest absolute Gasteiger partial charge is 0.225 e. The summed E-state index contributed by atoms with van der Waals surface area (Å²) in [7, 11) is 0. The quantitative estimate of drug-likeness (QED) is 0.170. The van der Waals surface area contributed by atoms with E-state index in [-0.39, 0.29) is 12.5 Å². The second kappa shape index (κ2) is 13.5. The van der Waals surface area contributed by atoms with Gasteiger partial charge in [-0.15, -0.1) is 0 Å². The van der Waals surface area contributed by atoms with Crippen molar-refractivity contribution in [2.24, 2.45) is 5.92 Å². The largest absolute Gasteiger partial charge is 0.494 e. The molecular formula is C39H43ClO6. The fraction of sp³-hybridized carbons (Fsp3) is 0.385. The van der Waals surface area contributed by atoms with Gasteiger partial charge in [-0.05, 0) is 73.7 Å². The molecule has 5 atom stereocenters. The second-order valence-corrected chi connectivity index (χ2v) is 13.2. The first-order valence-corrected chi connectivity index (χ1v) is 16.4. The molecular weight excluding hydrogens is 600 g/mol. The van der Waals surface area contributed by atoms with Crippen molar-refractivity contribution in [1.82, 2.24) is 0 Å². The lowest BCUT2D eigenvalue weighted by atomic mass is 9.70. The maximum atomic E-state index is 11.7. The van der Waals surface area contributed by atoms with Crippen LogP contribution in [0.3, 0.4) is 0 Å². The molecule has 2 fully saturated rings. The molecule has 2 heterocycles. The van der Waals surface area contributed by atoms with Gasteiger partial charge in [0.25, 0.3) is 0 Å². The summed E-state index contributed by atoms with van der Waals surface area (Å²) in [6.45, 7) is 9.09. The van der Waals surface area contributed by atoms with Gasteiger partial charge in [-0.1, -0.05) is 97.4 Å². The summed E-state index contributed by atoms with van der Waals surface area (Å²) in [5.41, 5.74) is 2.55. The molecule has 0 saturated carbocycles. The lowest BCUT2D eigenvalue weighted by Crippen LogP contribution is -2.68. The molecule has 2 bridgehead atoms. The number of rotatable bonds is 12. The SMILES string of the molecule is CCOc1ccc(Cc2cc([C@]34OC[C@](C(C)(C)O)(O3)[C@@H](C)[C@H](OCc3ccccc3)[C@H]4OCc3ccccc3)ccc2Cl)cc1. The molecule has 0 aromatic heterocycles. The van der Waals surface area contributed by atoms with Crippen molar-refractivity contribution in [3.8, 4) is 5.75 Å². The lowest BCUT2D eigenvalue weighted by Gasteiger charge is -2.54. The minimum absolute atomic E-state index is 0.172. The van der Waals surface area contributed by atoms with Crippen LogP contribution in [0.15, 0.2) is 103 Å². The molecule has 0 amide bonds. The number of aliphatic hydroxyl groups is 1. The normalized spacial score (nSPS) is 25.8. The molecule has 242 valence electrons. The Morgan fingerprint density at radius 2 is 1.48 bits per heavy atom. The van der Waals surface area contributed by atoms with Gasteiger partial charge in [0, 0.05) is 16.5 Å². The third-order valence-electron chi connectivity index (χ3n) is 9.41. The van der Waals surface area contributed by atoms with Crippen LogP contribution in [0, 0.1) is 5.92 Å². The molecule has 2 saturated heterocycles. The molecule has 1 N–H and O–H groups in total. The fourth-order valence-corrected chi connectivity index (χ4v) is 6.98. The molecule has 6 nitrogen and oxygen atoms in total. The van der Waals surface area contributed by atoms with Crippen LogP contribution in [0.25, 0.3) is 0 Å². The van der Waals surface area contributed by atoms with Crippen LogP contribution in [0.5, 0.6) is 5.75 Å². The van der Waals surface area contributed by atoms with Crippen LogP contribution in [-0.4, -0.2) is 41.7 Å². The van der Waals surface area contributed by atoms with E-state index in [9.17, 15) is 5.11 Å². The highest BCUT2D eigenvalue weighted by Gasteiger charge is 2.71. The fourth-order valence-electron chi connectivity index (χ4n) is 6.80. The van der Waals surface area contributed by atoms with Crippen LogP contribution < -0.4 is 4.74 Å². The van der Waals surface area contributed by atoms with Gasteiger partial charge in [-0.25, -0.2) is 0 Å². The predicted octanol–water partition coefficient (Wildman–Crippen LogP) is 7.86. The van der Waals surface area contributed by atoms with Gasteiger partial charge in [0.15, 0.2) is 0 Å². The van der Waals surface area contributed by atoms with Crippen molar-refractivity contribution in [3.05, 3.63) is 136 Å². The summed E-state index contributed by atoms with van der Waals surface area (Å²) in [6.07, 6.45) is -0.535. The van der Waals surface area contributed by atoms with Crippen LogP contribution >= 0.6 is 11.6 Å². The Morgan fingerprint density at radius 1 is 0.848 bits per heavy atom. The van der Waals surface area contributed by atoms with Crippen LogP contribution in [0.2, 0.25) is 5.02 Å². The Kier molecular flexibility index (Phi) is 9.58. The van der Waals surface area contributed by atoms with Crippen molar-refractivity contribution in [2.45, 2.75) is 76.5 Å². The van der Waals surface area contributed by atoms with E-state index in [1.54, 1.807) is 13.8 Å². The van der Waals surface area contributed by atoms with Crippen molar-refractivity contribution >= 4 is 11.6 Å². The Hall–Kier alpha value is -3.23. The summed E-state index contributed by atoms with van der Waals surface area (Å²) in [5, 5.41) is 12.3. The van der Waals surface area contributed by atoms with E-state index >= 15 is 0 Å². The van der Waals surface area contributed by atoms with Gasteiger partial charge in [0.2, 0.25) is 5.79 Å². The summed E-state index contributed by atoms with van der Waals surface area (Å²) < 4.78 is 33.1. The summed E-state index contributed by atoms with van der Waals surface area (Å²) in [5.74, 6) is -0.805. The Labute approximate surface area is 277 Å². The highest BCUT2D eigenvalue weighted by Crippen LogP contribution is 2.57. The van der Waals surface area contributed by atoms with Crippen LogP contribution in [0.4, 0.5) is 0 Å². The Balaban J connectivity index is 1.41. The second-order valence-electron chi connectivity index (χ2n) is 12.8. The average Bonchev–Trinajstić information content (AvgIpc) is 3.45. The number of ether oxygens (including phenoxy) is 5. The average molecular weight is 643 g/mol. The third-order valence-corrected chi connectivity index (χ3v) is 9.78. The van der Waals surface area contributed by atoms with E-state index in [4.69, 9.17) is 35.3 Å². The molecule has 7 heteroatoms. The van der Waals surface area contributed by atoms with Gasteiger partial charge in [0.05, 0.1) is 38.1 Å². The highest BCUT2D eigenvalue weighted by atomic mass is 35.5. The van der Waals surface area contributed by atoms with Gasteiger partial charge in [-0.2, -0.15) is 0 Å². The van der Waals surface area contributed by atoms with Gasteiger partial charge in [-0.3, -0.25) is 0 Å². The van der Waals surface area contributed by atoms with E-state index in [1.165, 1.54) is 0 Å². The zero-order valence-corrected chi connectivity index (χ0v) is 27.7. The molecule has 0 unspecified atom stereocenters. The van der Waals surface area contributed by atoms with E-state index in [0.717, 1.165) is 33.6 Å². The summed E-state index contributed by atoms with van der Waals surface area (Å²) in [6, 6.07) is 34.0. The first-order chi connectivity index (χ1) is 22.1. The molecule has 2 aliphatic rings. The molecule has 0 aliphatic carbocycles. The molecule has 46 heavy (non-hydrogen) atoms. The molecule has 4 aromatic carbocycles. The summed E-state index contributed by atoms with van der Waals surface area (Å²) in [4.78, 5) is 0. The number of hydrogen-bond donors (Lipinski definition) is 1. The molecule has 0 spiro atoms. The maximum absolute atomic E-state index is 11.7. The van der Waals surface area contributed by atoms with Crippen molar-refractivity contribution in [3.63, 3.8) is 0 Å². The third kappa shape index (κ3) is 6.35. The highest BCUT2D eigenvalue weighted by molar-refractivity contribution is 6.31. The lowest BCUT2D eigenvalue weighted by molar-refractivity contribution is -0.352. The molecule has 4 aromatic rings. The van der Waals surface area contributed by atoms with E-state index < -0.39 is 29.2 Å². The predicted molar refractivity (Wildman–Crippen MR) is 179 cm³/mol. The Morgan fingerprint density at radius 3 is 2.09 bits per heavy atom. The standard InChI is InChI=1S/C39H43ClO6/c1-5-42-33-19-16-28(17-20-33)22-31-23-32(18-21-34(31)40)39-36(44-25-30-14-10-7-11-15-30)35(43-24-29-12-8-6-9-13-29)27(2)38(46-39,26-45-39)37(3,4)41/h6-21,23,27,35-36,41H,5,22,24-26H2,1-4H3/t27-,35-,36+,38-,39-/m0/s1. The van der Waals surface area contributed by atoms with E-state index in [0.29, 0.717) is 31.3 Å². The molecule has 0 radical (unpaired) electrons. The number of fused-ring (bicyclic) bond motifs is 2. The topological polar surface area (TPSA) is 66.4 Å². The number of halogens is 1. The first-order valence-electron chi connectivity index (χ1n) is 16.0. The summed E-state index contributed by atoms with van der Waals surface area (Å²) >= 11 is 6.81. The van der Waals surface area contributed by atoms with E-state index in [2.05, 4.69) is 19.1 Å². The van der Waals surface area contributed by atoms with Crippen molar-refractivity contribution in [2.75, 3.05) is 13.2 Å². The number of hydrogen-bond acceptors (Lipinski definition) is 6. The maximum Gasteiger partial charge on any atom is 0.225 e.